The summed E-state index contributed by atoms with van der Waals surface area (Å²) < 4.78 is 11.0. The fraction of sp³-hybridized carbons (Fsp3) is 0.261. The Morgan fingerprint density at radius 3 is 2.63 bits per heavy atom. The minimum absolute atomic E-state index is 0.258. The highest BCUT2D eigenvalue weighted by Crippen LogP contribution is 2.32. The number of carbonyl (C=O) groups is 3. The Bertz CT molecular complexity index is 957. The van der Waals surface area contributed by atoms with Gasteiger partial charge in [0.15, 0.2) is 0 Å². The summed E-state index contributed by atoms with van der Waals surface area (Å²) in [5.74, 6) is -0.435. The number of rotatable bonds is 8. The summed E-state index contributed by atoms with van der Waals surface area (Å²) in [7, 11) is 0. The van der Waals surface area contributed by atoms with Crippen molar-refractivity contribution in [3.8, 4) is 5.75 Å². The molecule has 0 unspecified atom stereocenters. The lowest BCUT2D eigenvalue weighted by Crippen LogP contribution is -2.35. The third-order valence-electron chi connectivity index (χ3n) is 4.47. The maximum Gasteiger partial charge on any atom is 0.326 e. The zero-order valence-corrected chi connectivity index (χ0v) is 17.7. The van der Waals surface area contributed by atoms with E-state index in [2.05, 4.69) is 0 Å². The largest absolute Gasteiger partial charge is 0.489 e. The highest BCUT2D eigenvalue weighted by atomic mass is 32.2. The van der Waals surface area contributed by atoms with E-state index in [1.165, 1.54) is 0 Å². The number of hydrogen-bond donors (Lipinski definition) is 0. The van der Waals surface area contributed by atoms with Crippen molar-refractivity contribution in [2.45, 2.75) is 33.0 Å². The molecule has 3 rings (SSSR count). The van der Waals surface area contributed by atoms with E-state index in [1.54, 1.807) is 19.1 Å². The van der Waals surface area contributed by atoms with Crippen molar-refractivity contribution in [3.05, 3.63) is 70.6 Å². The molecule has 1 fully saturated rings. The van der Waals surface area contributed by atoms with Crippen molar-refractivity contribution < 1.29 is 23.9 Å². The quantitative estimate of drug-likeness (QED) is 0.453. The van der Waals surface area contributed by atoms with Gasteiger partial charge < -0.3 is 9.47 Å². The molecule has 1 aliphatic rings. The highest BCUT2D eigenvalue weighted by Gasteiger charge is 2.36. The molecule has 0 N–H and O–H groups in total. The second-order valence-corrected chi connectivity index (χ2v) is 7.82. The van der Waals surface area contributed by atoms with Crippen molar-refractivity contribution >= 4 is 35.0 Å². The van der Waals surface area contributed by atoms with Gasteiger partial charge in [0.2, 0.25) is 0 Å². The number of ether oxygens (including phenoxy) is 2. The van der Waals surface area contributed by atoms with Gasteiger partial charge in [-0.1, -0.05) is 49.4 Å². The number of amides is 2. The van der Waals surface area contributed by atoms with Gasteiger partial charge in [0.1, 0.15) is 18.9 Å². The van der Waals surface area contributed by atoms with E-state index in [1.807, 2.05) is 55.5 Å². The van der Waals surface area contributed by atoms with Crippen LogP contribution in [0.1, 0.15) is 31.4 Å². The molecule has 0 aromatic heterocycles. The SMILES string of the molecule is CC[C@H](C)OC(=O)CN1C(=O)S/C(=C/c2cccc(OCc3ccccc3)c2)C1=O. The van der Waals surface area contributed by atoms with Gasteiger partial charge in [-0.05, 0) is 54.4 Å². The second-order valence-electron chi connectivity index (χ2n) is 6.82. The lowest BCUT2D eigenvalue weighted by atomic mass is 10.2. The summed E-state index contributed by atoms with van der Waals surface area (Å²) in [6.07, 6.45) is 2.03. The fourth-order valence-corrected chi connectivity index (χ4v) is 3.54. The number of carbonyl (C=O) groups excluding carboxylic acids is 3. The lowest BCUT2D eigenvalue weighted by molar-refractivity contribution is -0.150. The average molecular weight is 426 g/mol. The molecule has 2 aromatic rings. The van der Waals surface area contributed by atoms with Gasteiger partial charge in [-0.3, -0.25) is 19.3 Å². The van der Waals surface area contributed by atoms with Crippen LogP contribution in [0.2, 0.25) is 0 Å². The topological polar surface area (TPSA) is 72.9 Å². The van der Waals surface area contributed by atoms with Crippen LogP contribution in [0.3, 0.4) is 0 Å². The molecular weight excluding hydrogens is 402 g/mol. The van der Waals surface area contributed by atoms with Gasteiger partial charge in [-0.2, -0.15) is 0 Å². The van der Waals surface area contributed by atoms with Crippen LogP contribution in [0.5, 0.6) is 5.75 Å². The molecule has 0 saturated carbocycles. The summed E-state index contributed by atoms with van der Waals surface area (Å²) >= 11 is 0.809. The van der Waals surface area contributed by atoms with Crippen molar-refractivity contribution in [1.29, 1.82) is 0 Å². The molecule has 0 radical (unpaired) electrons. The van der Waals surface area contributed by atoms with Gasteiger partial charge in [0, 0.05) is 0 Å². The summed E-state index contributed by atoms with van der Waals surface area (Å²) in [6.45, 7) is 3.70. The van der Waals surface area contributed by atoms with Crippen LogP contribution in [-0.2, 0) is 20.9 Å². The van der Waals surface area contributed by atoms with E-state index in [0.717, 1.165) is 27.8 Å². The summed E-state index contributed by atoms with van der Waals surface area (Å²) in [6, 6.07) is 17.1. The third kappa shape index (κ3) is 5.73. The molecule has 6 nitrogen and oxygen atoms in total. The molecule has 0 spiro atoms. The monoisotopic (exact) mass is 425 g/mol. The molecule has 1 heterocycles. The molecule has 7 heteroatoms. The van der Waals surface area contributed by atoms with Crippen LogP contribution in [0.4, 0.5) is 4.79 Å². The normalized spacial score (nSPS) is 16.1. The first kappa shape index (κ1) is 21.6. The van der Waals surface area contributed by atoms with E-state index in [9.17, 15) is 14.4 Å². The molecule has 1 atom stereocenters. The number of nitrogens with zero attached hydrogens (tertiary/aromatic N) is 1. The fourth-order valence-electron chi connectivity index (χ4n) is 2.70. The number of imide groups is 1. The first-order valence-corrected chi connectivity index (χ1v) is 10.5. The van der Waals surface area contributed by atoms with Crippen molar-refractivity contribution in [2.24, 2.45) is 0 Å². The smallest absolute Gasteiger partial charge is 0.326 e. The molecule has 1 aliphatic heterocycles. The Kier molecular flexibility index (Phi) is 7.30. The van der Waals surface area contributed by atoms with E-state index < -0.39 is 17.1 Å². The second kappa shape index (κ2) is 10.1. The Labute approximate surface area is 179 Å². The summed E-state index contributed by atoms with van der Waals surface area (Å²) in [5.41, 5.74) is 1.78. The number of thioether (sulfide) groups is 1. The Morgan fingerprint density at radius 1 is 1.13 bits per heavy atom. The minimum Gasteiger partial charge on any atom is -0.489 e. The van der Waals surface area contributed by atoms with Crippen molar-refractivity contribution in [3.63, 3.8) is 0 Å². The van der Waals surface area contributed by atoms with Crippen molar-refractivity contribution in [1.82, 2.24) is 4.90 Å². The number of hydrogen-bond acceptors (Lipinski definition) is 6. The number of benzene rings is 2. The van der Waals surface area contributed by atoms with Crippen LogP contribution in [0.25, 0.3) is 6.08 Å². The zero-order chi connectivity index (χ0) is 21.5. The first-order chi connectivity index (χ1) is 14.5. The summed E-state index contributed by atoms with van der Waals surface area (Å²) in [4.78, 5) is 37.9. The van der Waals surface area contributed by atoms with E-state index in [4.69, 9.17) is 9.47 Å². The Balaban J connectivity index is 1.65. The standard InChI is InChI=1S/C23H23NO5S/c1-3-16(2)29-21(25)14-24-22(26)20(30-23(24)27)13-18-10-7-11-19(12-18)28-15-17-8-5-4-6-9-17/h4-13,16H,3,14-15H2,1-2H3/b20-13+/t16-/m0/s1. The maximum absolute atomic E-state index is 12.6. The van der Waals surface area contributed by atoms with Crippen LogP contribution < -0.4 is 4.74 Å². The van der Waals surface area contributed by atoms with Gasteiger partial charge in [0.25, 0.3) is 11.1 Å². The Hall–Kier alpha value is -3.06. The van der Waals surface area contributed by atoms with Gasteiger partial charge in [-0.25, -0.2) is 0 Å². The van der Waals surface area contributed by atoms with Gasteiger partial charge in [-0.15, -0.1) is 0 Å². The highest BCUT2D eigenvalue weighted by molar-refractivity contribution is 8.18. The van der Waals surface area contributed by atoms with Gasteiger partial charge >= 0.3 is 5.97 Å². The molecule has 0 aliphatic carbocycles. The molecule has 2 aromatic carbocycles. The maximum atomic E-state index is 12.6. The van der Waals surface area contributed by atoms with Crippen molar-refractivity contribution in [2.75, 3.05) is 6.54 Å². The van der Waals surface area contributed by atoms with E-state index >= 15 is 0 Å². The third-order valence-corrected chi connectivity index (χ3v) is 5.38. The predicted molar refractivity (Wildman–Crippen MR) is 116 cm³/mol. The van der Waals surface area contributed by atoms with E-state index in [-0.39, 0.29) is 17.6 Å². The van der Waals surface area contributed by atoms with Crippen LogP contribution in [0, 0.1) is 0 Å². The van der Waals surface area contributed by atoms with E-state index in [0.29, 0.717) is 18.8 Å². The molecular formula is C23H23NO5S. The Morgan fingerprint density at radius 2 is 1.90 bits per heavy atom. The lowest BCUT2D eigenvalue weighted by Gasteiger charge is -2.14. The molecule has 1 saturated heterocycles. The average Bonchev–Trinajstić information content (AvgIpc) is 3.00. The molecule has 30 heavy (non-hydrogen) atoms. The first-order valence-electron chi connectivity index (χ1n) is 9.68. The van der Waals surface area contributed by atoms with Gasteiger partial charge in [0.05, 0.1) is 11.0 Å². The van der Waals surface area contributed by atoms with Crippen LogP contribution in [-0.4, -0.2) is 34.7 Å². The van der Waals surface area contributed by atoms with Crippen LogP contribution in [0.15, 0.2) is 59.5 Å². The molecule has 2 amide bonds. The number of esters is 1. The molecule has 0 bridgehead atoms. The summed E-state index contributed by atoms with van der Waals surface area (Å²) in [5, 5.41) is -0.483. The zero-order valence-electron chi connectivity index (χ0n) is 16.9. The van der Waals surface area contributed by atoms with Crippen LogP contribution >= 0.6 is 11.8 Å². The predicted octanol–water partition coefficient (Wildman–Crippen LogP) is 4.64. The minimum atomic E-state index is -0.593. The molecule has 156 valence electrons.